The van der Waals surface area contributed by atoms with Gasteiger partial charge in [0.2, 0.25) is 0 Å². The van der Waals surface area contributed by atoms with Crippen molar-refractivity contribution >= 4 is 11.0 Å². The summed E-state index contributed by atoms with van der Waals surface area (Å²) in [7, 11) is 1.88. The lowest BCUT2D eigenvalue weighted by Crippen LogP contribution is -1.92. The molecule has 0 aliphatic heterocycles. The summed E-state index contributed by atoms with van der Waals surface area (Å²) in [6.07, 6.45) is 1.75. The highest BCUT2D eigenvalue weighted by Crippen LogP contribution is 2.23. The quantitative estimate of drug-likeness (QED) is 0.697. The van der Waals surface area contributed by atoms with Gasteiger partial charge in [-0.1, -0.05) is 0 Å². The van der Waals surface area contributed by atoms with Crippen molar-refractivity contribution in [1.29, 1.82) is 0 Å². The van der Waals surface area contributed by atoms with Crippen molar-refractivity contribution in [2.24, 2.45) is 7.05 Å². The second-order valence-corrected chi connectivity index (χ2v) is 4.01. The van der Waals surface area contributed by atoms with Gasteiger partial charge in [0, 0.05) is 12.7 Å². The van der Waals surface area contributed by atoms with Gasteiger partial charge in [0.25, 0.3) is 0 Å². The Hall–Kier alpha value is -2.17. The fourth-order valence-corrected chi connectivity index (χ4v) is 1.84. The standard InChI is InChI=1S/C12H11FN4/c1-7-9(6-14-17(7)2)12-15-10-4-3-8(13)5-11(10)16-12/h3-6H,1-2H3,(H,15,16). The number of aryl methyl sites for hydroxylation is 1. The van der Waals surface area contributed by atoms with E-state index in [0.717, 1.165) is 22.6 Å². The summed E-state index contributed by atoms with van der Waals surface area (Å²) in [6, 6.07) is 4.51. The number of halogens is 1. The van der Waals surface area contributed by atoms with Gasteiger partial charge in [0.15, 0.2) is 0 Å². The third-order valence-electron chi connectivity index (χ3n) is 2.93. The molecule has 0 radical (unpaired) electrons. The van der Waals surface area contributed by atoms with E-state index in [1.165, 1.54) is 12.1 Å². The van der Waals surface area contributed by atoms with Crippen LogP contribution in [0.5, 0.6) is 0 Å². The first-order valence-electron chi connectivity index (χ1n) is 5.29. The fraction of sp³-hybridized carbons (Fsp3) is 0.167. The van der Waals surface area contributed by atoms with Gasteiger partial charge in [-0.15, -0.1) is 0 Å². The van der Waals surface area contributed by atoms with Crippen LogP contribution in [0.15, 0.2) is 24.4 Å². The Labute approximate surface area is 97.1 Å². The maximum Gasteiger partial charge on any atom is 0.141 e. The lowest BCUT2D eigenvalue weighted by molar-refractivity contribution is 0.629. The van der Waals surface area contributed by atoms with Crippen LogP contribution < -0.4 is 0 Å². The van der Waals surface area contributed by atoms with Crippen LogP contribution in [0.3, 0.4) is 0 Å². The monoisotopic (exact) mass is 230 g/mol. The largest absolute Gasteiger partial charge is 0.338 e. The molecule has 3 rings (SSSR count). The van der Waals surface area contributed by atoms with Gasteiger partial charge in [-0.05, 0) is 25.1 Å². The van der Waals surface area contributed by atoms with Crippen LogP contribution in [0, 0.1) is 12.7 Å². The van der Waals surface area contributed by atoms with Gasteiger partial charge in [0.05, 0.1) is 22.8 Å². The van der Waals surface area contributed by atoms with Crippen LogP contribution in [0.25, 0.3) is 22.4 Å². The van der Waals surface area contributed by atoms with E-state index in [0.29, 0.717) is 5.52 Å². The molecule has 0 spiro atoms. The van der Waals surface area contributed by atoms with E-state index in [1.54, 1.807) is 16.9 Å². The fourth-order valence-electron chi connectivity index (χ4n) is 1.84. The molecule has 0 bridgehead atoms. The molecule has 0 saturated heterocycles. The highest BCUT2D eigenvalue weighted by Gasteiger charge is 2.11. The summed E-state index contributed by atoms with van der Waals surface area (Å²) in [4.78, 5) is 7.53. The molecule has 0 amide bonds. The molecule has 86 valence electrons. The van der Waals surface area contributed by atoms with Gasteiger partial charge >= 0.3 is 0 Å². The minimum Gasteiger partial charge on any atom is -0.338 e. The summed E-state index contributed by atoms with van der Waals surface area (Å²) in [5.41, 5.74) is 3.40. The zero-order valence-electron chi connectivity index (χ0n) is 9.53. The van der Waals surface area contributed by atoms with Crippen molar-refractivity contribution in [2.75, 3.05) is 0 Å². The normalized spacial score (nSPS) is 11.2. The molecule has 1 N–H and O–H groups in total. The molecule has 0 fully saturated rings. The average Bonchev–Trinajstić information content (AvgIpc) is 2.83. The van der Waals surface area contributed by atoms with Gasteiger partial charge in [-0.2, -0.15) is 5.10 Å². The topological polar surface area (TPSA) is 46.5 Å². The van der Waals surface area contributed by atoms with Crippen LogP contribution in [0.1, 0.15) is 5.69 Å². The van der Waals surface area contributed by atoms with Gasteiger partial charge in [0.1, 0.15) is 11.6 Å². The number of hydrogen-bond donors (Lipinski definition) is 1. The molecule has 17 heavy (non-hydrogen) atoms. The first-order chi connectivity index (χ1) is 8.15. The molecular weight excluding hydrogens is 219 g/mol. The Morgan fingerprint density at radius 3 is 2.88 bits per heavy atom. The molecule has 0 unspecified atom stereocenters. The number of imidazole rings is 1. The second kappa shape index (κ2) is 3.41. The molecule has 2 aromatic heterocycles. The SMILES string of the molecule is Cc1c(-c2nc3ccc(F)cc3[nH]2)cnn1C. The molecular formula is C12H11FN4. The lowest BCUT2D eigenvalue weighted by atomic mass is 10.2. The lowest BCUT2D eigenvalue weighted by Gasteiger charge is -1.95. The Morgan fingerprint density at radius 1 is 1.35 bits per heavy atom. The molecule has 0 atom stereocenters. The van der Waals surface area contributed by atoms with Gasteiger partial charge in [-0.3, -0.25) is 4.68 Å². The number of nitrogens with zero attached hydrogens (tertiary/aromatic N) is 3. The van der Waals surface area contributed by atoms with E-state index in [1.807, 2.05) is 14.0 Å². The maximum atomic E-state index is 13.1. The van der Waals surface area contributed by atoms with Crippen molar-refractivity contribution in [2.45, 2.75) is 6.92 Å². The summed E-state index contributed by atoms with van der Waals surface area (Å²) >= 11 is 0. The van der Waals surface area contributed by atoms with E-state index in [4.69, 9.17) is 0 Å². The molecule has 2 heterocycles. The van der Waals surface area contributed by atoms with Crippen molar-refractivity contribution in [3.05, 3.63) is 35.9 Å². The molecule has 4 nitrogen and oxygen atoms in total. The van der Waals surface area contributed by atoms with Crippen molar-refractivity contribution < 1.29 is 4.39 Å². The zero-order valence-corrected chi connectivity index (χ0v) is 9.53. The summed E-state index contributed by atoms with van der Waals surface area (Å²) in [5, 5.41) is 4.16. The van der Waals surface area contributed by atoms with E-state index >= 15 is 0 Å². The number of aromatic amines is 1. The number of hydrogen-bond acceptors (Lipinski definition) is 2. The Bertz CT molecular complexity index is 696. The highest BCUT2D eigenvalue weighted by molar-refractivity contribution is 5.79. The van der Waals surface area contributed by atoms with Crippen LogP contribution >= 0.6 is 0 Å². The summed E-state index contributed by atoms with van der Waals surface area (Å²) < 4.78 is 14.8. The molecule has 0 aliphatic carbocycles. The van der Waals surface area contributed by atoms with Crippen molar-refractivity contribution in [1.82, 2.24) is 19.7 Å². The number of fused-ring (bicyclic) bond motifs is 1. The van der Waals surface area contributed by atoms with Crippen LogP contribution in [-0.4, -0.2) is 19.7 Å². The Kier molecular flexibility index (Phi) is 2.01. The smallest absolute Gasteiger partial charge is 0.141 e. The number of nitrogens with one attached hydrogen (secondary N) is 1. The minimum atomic E-state index is -0.268. The van der Waals surface area contributed by atoms with Crippen molar-refractivity contribution in [3.63, 3.8) is 0 Å². The number of benzene rings is 1. The third kappa shape index (κ3) is 1.51. The number of rotatable bonds is 1. The Morgan fingerprint density at radius 2 is 2.18 bits per heavy atom. The van der Waals surface area contributed by atoms with Gasteiger partial charge in [-0.25, -0.2) is 9.37 Å². The van der Waals surface area contributed by atoms with Gasteiger partial charge < -0.3 is 4.98 Å². The molecule has 0 aliphatic rings. The minimum absolute atomic E-state index is 0.268. The van der Waals surface area contributed by atoms with Crippen LogP contribution in [0.4, 0.5) is 4.39 Å². The van der Waals surface area contributed by atoms with E-state index in [9.17, 15) is 4.39 Å². The Balaban J connectivity index is 2.21. The molecule has 0 saturated carbocycles. The predicted octanol–water partition coefficient (Wildman–Crippen LogP) is 2.41. The number of aromatic nitrogens is 4. The highest BCUT2D eigenvalue weighted by atomic mass is 19.1. The molecule has 1 aromatic carbocycles. The molecule has 5 heteroatoms. The summed E-state index contributed by atoms with van der Waals surface area (Å²) in [5.74, 6) is 0.451. The van der Waals surface area contributed by atoms with E-state index in [-0.39, 0.29) is 5.82 Å². The second-order valence-electron chi connectivity index (χ2n) is 4.01. The number of H-pyrrole nitrogens is 1. The van der Waals surface area contributed by atoms with Crippen molar-refractivity contribution in [3.8, 4) is 11.4 Å². The third-order valence-corrected chi connectivity index (χ3v) is 2.93. The summed E-state index contributed by atoms with van der Waals surface area (Å²) in [6.45, 7) is 1.97. The average molecular weight is 230 g/mol. The van der Waals surface area contributed by atoms with E-state index in [2.05, 4.69) is 15.1 Å². The van der Waals surface area contributed by atoms with Crippen LogP contribution in [0.2, 0.25) is 0 Å². The predicted molar refractivity (Wildman–Crippen MR) is 63.0 cm³/mol. The van der Waals surface area contributed by atoms with E-state index < -0.39 is 0 Å². The maximum absolute atomic E-state index is 13.1. The first-order valence-corrected chi connectivity index (χ1v) is 5.29. The molecule has 3 aromatic rings. The van der Waals surface area contributed by atoms with Crippen LogP contribution in [-0.2, 0) is 7.05 Å². The zero-order chi connectivity index (χ0) is 12.0. The first kappa shape index (κ1) is 10.0.